The van der Waals surface area contributed by atoms with Crippen molar-refractivity contribution >= 4 is 49.2 Å². The van der Waals surface area contributed by atoms with Gasteiger partial charge in [-0.2, -0.15) is 13.2 Å². The van der Waals surface area contributed by atoms with E-state index < -0.39 is 46.1 Å². The Hall–Kier alpha value is -1.78. The van der Waals surface area contributed by atoms with Gasteiger partial charge in [-0.15, -0.1) is 0 Å². The number of ether oxygens (including phenoxy) is 1. The van der Waals surface area contributed by atoms with Crippen LogP contribution >= 0.6 is 27.5 Å². The summed E-state index contributed by atoms with van der Waals surface area (Å²) in [5.41, 5.74) is -1.59. The van der Waals surface area contributed by atoms with Crippen LogP contribution in [0.2, 0.25) is 5.02 Å². The average Bonchev–Trinajstić information content (AvgIpc) is 2.59. The van der Waals surface area contributed by atoms with Gasteiger partial charge in [-0.3, -0.25) is 9.10 Å². The molecule has 0 fully saturated rings. The lowest BCUT2D eigenvalue weighted by Crippen LogP contribution is -2.37. The Morgan fingerprint density at radius 1 is 1.17 bits per heavy atom. The van der Waals surface area contributed by atoms with Gasteiger partial charge in [0.05, 0.1) is 27.3 Å². The van der Waals surface area contributed by atoms with Crippen molar-refractivity contribution in [3.8, 4) is 0 Å². The molecule has 2 aromatic carbocycles. The van der Waals surface area contributed by atoms with Gasteiger partial charge in [0.15, 0.2) is 0 Å². The van der Waals surface area contributed by atoms with Crippen molar-refractivity contribution < 1.29 is 31.1 Å². The van der Waals surface area contributed by atoms with E-state index in [9.17, 15) is 26.4 Å². The number of anilines is 1. The Balaban J connectivity index is 2.62. The monoisotopic (exact) mass is 513 g/mol. The highest BCUT2D eigenvalue weighted by Gasteiger charge is 2.34. The summed E-state index contributed by atoms with van der Waals surface area (Å²) in [6, 6.07) is 7.64. The fraction of sp³-hybridized carbons (Fsp3) is 0.278. The summed E-state index contributed by atoms with van der Waals surface area (Å²) in [4.78, 5) is 11.9. The number of rotatable bonds is 6. The molecule has 0 aliphatic rings. The maximum Gasteiger partial charge on any atom is 0.416 e. The summed E-state index contributed by atoms with van der Waals surface area (Å²) >= 11 is 9.19. The van der Waals surface area contributed by atoms with Crippen molar-refractivity contribution in [3.05, 3.63) is 57.5 Å². The van der Waals surface area contributed by atoms with Gasteiger partial charge in [-0.05, 0) is 56.3 Å². The summed E-state index contributed by atoms with van der Waals surface area (Å²) in [5.74, 6) is -0.936. The number of sulfonamides is 1. The lowest BCUT2D eigenvalue weighted by Gasteiger charge is -2.26. The van der Waals surface area contributed by atoms with Gasteiger partial charge in [-0.1, -0.05) is 27.5 Å². The number of benzene rings is 2. The van der Waals surface area contributed by atoms with E-state index in [1.165, 1.54) is 24.3 Å². The second kappa shape index (κ2) is 8.93. The standard InChI is InChI=1S/C18H16BrClF3NO4S/c1-11(2)28-17(25)10-24(29(26,27)14-6-4-13(19)5-7-14)16-9-12(18(21,22)23)3-8-15(16)20/h3-9,11H,10H2,1-2H3. The van der Waals surface area contributed by atoms with Crippen LogP contribution in [0, 0.1) is 0 Å². The molecule has 2 aromatic rings. The fourth-order valence-corrected chi connectivity index (χ4v) is 4.28. The van der Waals surface area contributed by atoms with E-state index in [4.69, 9.17) is 16.3 Å². The zero-order valence-corrected chi connectivity index (χ0v) is 18.4. The fourth-order valence-electron chi connectivity index (χ4n) is 2.33. The molecule has 0 spiro atoms. The van der Waals surface area contributed by atoms with Gasteiger partial charge in [0.25, 0.3) is 10.0 Å². The summed E-state index contributed by atoms with van der Waals surface area (Å²) in [5, 5.41) is -0.268. The van der Waals surface area contributed by atoms with Gasteiger partial charge in [0.1, 0.15) is 6.54 Å². The molecule has 0 radical (unpaired) electrons. The molecular weight excluding hydrogens is 499 g/mol. The molecule has 0 aliphatic heterocycles. The Morgan fingerprint density at radius 2 is 1.76 bits per heavy atom. The van der Waals surface area contributed by atoms with Crippen LogP contribution in [0.3, 0.4) is 0 Å². The molecular formula is C18H16BrClF3NO4S. The third-order valence-corrected chi connectivity index (χ3v) is 6.21. The summed E-state index contributed by atoms with van der Waals surface area (Å²) in [7, 11) is -4.43. The highest BCUT2D eigenvalue weighted by atomic mass is 79.9. The highest BCUT2D eigenvalue weighted by Crippen LogP contribution is 2.37. The molecule has 0 atom stereocenters. The average molecular weight is 515 g/mol. The molecule has 2 rings (SSSR count). The predicted octanol–water partition coefficient (Wildman–Crippen LogP) is 5.27. The van der Waals surface area contributed by atoms with Crippen LogP contribution in [0.15, 0.2) is 51.8 Å². The smallest absolute Gasteiger partial charge is 0.416 e. The Morgan fingerprint density at radius 3 is 2.28 bits per heavy atom. The maximum absolute atomic E-state index is 13.2. The second-order valence-corrected chi connectivity index (χ2v) is 9.35. The van der Waals surface area contributed by atoms with Gasteiger partial charge in [-0.25, -0.2) is 8.42 Å². The van der Waals surface area contributed by atoms with Crippen molar-refractivity contribution in [1.29, 1.82) is 0 Å². The first-order valence-corrected chi connectivity index (χ1v) is 10.8. The van der Waals surface area contributed by atoms with Crippen LogP contribution in [0.5, 0.6) is 0 Å². The lowest BCUT2D eigenvalue weighted by molar-refractivity contribution is -0.145. The first kappa shape index (κ1) is 23.5. The third-order valence-electron chi connectivity index (χ3n) is 3.58. The minimum atomic E-state index is -4.73. The van der Waals surface area contributed by atoms with E-state index in [-0.39, 0.29) is 9.92 Å². The van der Waals surface area contributed by atoms with Crippen LogP contribution < -0.4 is 4.31 Å². The van der Waals surface area contributed by atoms with Gasteiger partial charge in [0.2, 0.25) is 0 Å². The SMILES string of the molecule is CC(C)OC(=O)CN(c1cc(C(F)(F)F)ccc1Cl)S(=O)(=O)c1ccc(Br)cc1. The van der Waals surface area contributed by atoms with E-state index in [0.717, 1.165) is 12.1 Å². The molecule has 0 saturated carbocycles. The van der Waals surface area contributed by atoms with Gasteiger partial charge >= 0.3 is 12.1 Å². The first-order chi connectivity index (χ1) is 13.3. The molecule has 0 aliphatic carbocycles. The minimum Gasteiger partial charge on any atom is -0.462 e. The van der Waals surface area contributed by atoms with Crippen molar-refractivity contribution in [3.63, 3.8) is 0 Å². The molecule has 0 heterocycles. The molecule has 0 unspecified atom stereocenters. The number of nitrogens with zero attached hydrogens (tertiary/aromatic N) is 1. The molecule has 158 valence electrons. The van der Waals surface area contributed by atoms with Crippen LogP contribution in [-0.2, 0) is 25.7 Å². The first-order valence-electron chi connectivity index (χ1n) is 8.17. The van der Waals surface area contributed by atoms with Gasteiger partial charge in [0, 0.05) is 4.47 Å². The third kappa shape index (κ3) is 5.86. The summed E-state index contributed by atoms with van der Waals surface area (Å²) in [6.07, 6.45) is -5.28. The van der Waals surface area contributed by atoms with Crippen LogP contribution in [-0.4, -0.2) is 27.0 Å². The summed E-state index contributed by atoms with van der Waals surface area (Å²) in [6.45, 7) is 2.27. The zero-order valence-electron chi connectivity index (χ0n) is 15.2. The Kier molecular flexibility index (Phi) is 7.23. The summed E-state index contributed by atoms with van der Waals surface area (Å²) < 4.78 is 71.8. The molecule has 29 heavy (non-hydrogen) atoms. The van der Waals surface area contributed by atoms with E-state index in [1.807, 2.05) is 0 Å². The van der Waals surface area contributed by atoms with E-state index in [0.29, 0.717) is 14.8 Å². The maximum atomic E-state index is 13.2. The number of halogens is 5. The Labute approximate surface area is 179 Å². The van der Waals surface area contributed by atoms with E-state index in [2.05, 4.69) is 15.9 Å². The zero-order chi connectivity index (χ0) is 22.0. The predicted molar refractivity (Wildman–Crippen MR) is 106 cm³/mol. The minimum absolute atomic E-state index is 0.230. The van der Waals surface area contributed by atoms with Crippen molar-refractivity contribution in [1.82, 2.24) is 0 Å². The van der Waals surface area contributed by atoms with Crippen molar-refractivity contribution in [2.24, 2.45) is 0 Å². The van der Waals surface area contributed by atoms with E-state index >= 15 is 0 Å². The number of esters is 1. The van der Waals surface area contributed by atoms with E-state index in [1.54, 1.807) is 13.8 Å². The topological polar surface area (TPSA) is 63.7 Å². The quantitative estimate of drug-likeness (QED) is 0.493. The van der Waals surface area contributed by atoms with Crippen LogP contribution in [0.4, 0.5) is 18.9 Å². The van der Waals surface area contributed by atoms with Crippen molar-refractivity contribution in [2.45, 2.75) is 31.0 Å². The second-order valence-electron chi connectivity index (χ2n) is 6.17. The normalized spacial score (nSPS) is 12.1. The highest BCUT2D eigenvalue weighted by molar-refractivity contribution is 9.10. The largest absolute Gasteiger partial charge is 0.462 e. The molecule has 0 bridgehead atoms. The molecule has 5 nitrogen and oxygen atoms in total. The van der Waals surface area contributed by atoms with Crippen LogP contribution in [0.1, 0.15) is 19.4 Å². The molecule has 0 saturated heterocycles. The number of carbonyl (C=O) groups is 1. The van der Waals surface area contributed by atoms with Crippen LogP contribution in [0.25, 0.3) is 0 Å². The number of carbonyl (C=O) groups excluding carboxylic acids is 1. The molecule has 0 aromatic heterocycles. The Bertz CT molecular complexity index is 995. The molecule has 0 N–H and O–H groups in total. The number of hydrogen-bond donors (Lipinski definition) is 0. The van der Waals surface area contributed by atoms with Gasteiger partial charge < -0.3 is 4.74 Å². The van der Waals surface area contributed by atoms with Crippen molar-refractivity contribution in [2.75, 3.05) is 10.8 Å². The molecule has 11 heteroatoms. The number of alkyl halides is 3. The number of hydrogen-bond acceptors (Lipinski definition) is 4. The lowest BCUT2D eigenvalue weighted by atomic mass is 10.2. The molecule has 0 amide bonds.